The molecule has 0 fully saturated rings. The van der Waals surface area contributed by atoms with Crippen molar-refractivity contribution >= 4 is 22.5 Å². The molecule has 0 unspecified atom stereocenters. The Labute approximate surface area is 145 Å². The highest BCUT2D eigenvalue weighted by Gasteiger charge is 2.18. The smallest absolute Gasteiger partial charge is 0.321 e. The van der Waals surface area contributed by atoms with Gasteiger partial charge in [-0.05, 0) is 31.2 Å². The largest absolute Gasteiger partial charge is 0.497 e. The number of anilines is 1. The van der Waals surface area contributed by atoms with Crippen LogP contribution in [0.1, 0.15) is 16.1 Å². The standard InChI is InChI=1S/C17H22N4O2S/c1-21-10-8-14-15(11-21)24-17(19-14)20-16(22)18-9-7-12-3-5-13(23-2)6-4-12/h3-6H,7-11H2,1-2H3,(H2,18,19,20,22). The summed E-state index contributed by atoms with van der Waals surface area (Å²) in [6.07, 6.45) is 1.72. The van der Waals surface area contributed by atoms with E-state index in [2.05, 4.69) is 27.6 Å². The summed E-state index contributed by atoms with van der Waals surface area (Å²) < 4.78 is 5.13. The molecule has 2 N–H and O–H groups in total. The highest BCUT2D eigenvalue weighted by Crippen LogP contribution is 2.27. The predicted octanol–water partition coefficient (Wildman–Crippen LogP) is 2.50. The van der Waals surface area contributed by atoms with Gasteiger partial charge in [0, 0.05) is 30.9 Å². The van der Waals surface area contributed by atoms with Crippen molar-refractivity contribution in [2.45, 2.75) is 19.4 Å². The van der Waals surface area contributed by atoms with E-state index in [1.54, 1.807) is 18.4 Å². The first-order valence-electron chi connectivity index (χ1n) is 7.99. The maximum absolute atomic E-state index is 12.0. The van der Waals surface area contributed by atoms with Crippen molar-refractivity contribution in [3.05, 3.63) is 40.4 Å². The van der Waals surface area contributed by atoms with E-state index in [0.29, 0.717) is 11.7 Å². The van der Waals surface area contributed by atoms with E-state index in [9.17, 15) is 4.79 Å². The van der Waals surface area contributed by atoms with Gasteiger partial charge in [-0.3, -0.25) is 5.32 Å². The number of thiazole rings is 1. The number of ether oxygens (including phenoxy) is 1. The first-order valence-corrected chi connectivity index (χ1v) is 8.80. The number of methoxy groups -OCH3 is 1. The molecule has 2 amide bonds. The van der Waals surface area contributed by atoms with E-state index < -0.39 is 0 Å². The van der Waals surface area contributed by atoms with Crippen LogP contribution in [0.2, 0.25) is 0 Å². The number of nitrogens with zero attached hydrogens (tertiary/aromatic N) is 2. The molecule has 1 aliphatic heterocycles. The number of nitrogens with one attached hydrogen (secondary N) is 2. The maximum atomic E-state index is 12.0. The Morgan fingerprint density at radius 2 is 2.17 bits per heavy atom. The molecule has 0 saturated carbocycles. The third-order valence-corrected chi connectivity index (χ3v) is 5.00. The summed E-state index contributed by atoms with van der Waals surface area (Å²) in [5.74, 6) is 0.836. The van der Waals surface area contributed by atoms with E-state index in [0.717, 1.165) is 42.9 Å². The topological polar surface area (TPSA) is 66.5 Å². The Bertz CT molecular complexity index is 699. The molecule has 7 heteroatoms. The number of likely N-dealkylation sites (N-methyl/N-ethyl adjacent to an activating group) is 1. The van der Waals surface area contributed by atoms with Crippen molar-refractivity contribution < 1.29 is 9.53 Å². The molecule has 24 heavy (non-hydrogen) atoms. The number of aromatic nitrogens is 1. The number of benzene rings is 1. The van der Waals surface area contributed by atoms with Gasteiger partial charge >= 0.3 is 6.03 Å². The van der Waals surface area contributed by atoms with Crippen LogP contribution in [0.3, 0.4) is 0 Å². The van der Waals surface area contributed by atoms with Gasteiger partial charge < -0.3 is 15.0 Å². The van der Waals surface area contributed by atoms with Gasteiger partial charge in [-0.25, -0.2) is 9.78 Å². The molecule has 0 spiro atoms. The summed E-state index contributed by atoms with van der Waals surface area (Å²) in [6, 6.07) is 7.65. The van der Waals surface area contributed by atoms with E-state index in [1.165, 1.54) is 4.88 Å². The molecule has 0 bridgehead atoms. The molecule has 128 valence electrons. The van der Waals surface area contributed by atoms with Crippen molar-refractivity contribution in [2.75, 3.05) is 32.6 Å². The minimum absolute atomic E-state index is 0.206. The molecule has 0 atom stereocenters. The van der Waals surface area contributed by atoms with E-state index in [4.69, 9.17) is 4.74 Å². The van der Waals surface area contributed by atoms with Crippen LogP contribution in [0.25, 0.3) is 0 Å². The molecular weight excluding hydrogens is 324 g/mol. The molecule has 1 aromatic heterocycles. The maximum Gasteiger partial charge on any atom is 0.321 e. The van der Waals surface area contributed by atoms with Crippen LogP contribution in [0.4, 0.5) is 9.93 Å². The third kappa shape index (κ3) is 4.24. The molecule has 0 aliphatic carbocycles. The summed E-state index contributed by atoms with van der Waals surface area (Å²) in [5, 5.41) is 6.39. The monoisotopic (exact) mass is 346 g/mol. The van der Waals surface area contributed by atoms with Gasteiger partial charge in [0.25, 0.3) is 0 Å². The van der Waals surface area contributed by atoms with E-state index in [-0.39, 0.29) is 6.03 Å². The van der Waals surface area contributed by atoms with Crippen LogP contribution in [0, 0.1) is 0 Å². The lowest BCUT2D eigenvalue weighted by Gasteiger charge is -2.20. The third-order valence-electron chi connectivity index (χ3n) is 4.00. The summed E-state index contributed by atoms with van der Waals surface area (Å²) in [6.45, 7) is 2.50. The van der Waals surface area contributed by atoms with Crippen LogP contribution in [0.15, 0.2) is 24.3 Å². The van der Waals surface area contributed by atoms with Gasteiger partial charge in [0.15, 0.2) is 5.13 Å². The minimum atomic E-state index is -0.206. The Morgan fingerprint density at radius 3 is 2.92 bits per heavy atom. The molecule has 1 aliphatic rings. The second kappa shape index (κ2) is 7.63. The Hall–Kier alpha value is -2.12. The Balaban J connectivity index is 1.45. The Kier molecular flexibility index (Phi) is 5.32. The highest BCUT2D eigenvalue weighted by atomic mass is 32.1. The molecule has 6 nitrogen and oxygen atoms in total. The van der Waals surface area contributed by atoms with Crippen molar-refractivity contribution in [1.29, 1.82) is 0 Å². The fourth-order valence-electron chi connectivity index (χ4n) is 2.63. The lowest BCUT2D eigenvalue weighted by Crippen LogP contribution is -2.30. The number of hydrogen-bond acceptors (Lipinski definition) is 5. The molecule has 2 aromatic rings. The Morgan fingerprint density at radius 1 is 1.38 bits per heavy atom. The number of hydrogen-bond donors (Lipinski definition) is 2. The average molecular weight is 346 g/mol. The van der Waals surface area contributed by atoms with Gasteiger partial charge in [-0.1, -0.05) is 12.1 Å². The van der Waals surface area contributed by atoms with Crippen LogP contribution in [0.5, 0.6) is 5.75 Å². The fourth-order valence-corrected chi connectivity index (χ4v) is 3.71. The van der Waals surface area contributed by atoms with E-state index in [1.807, 2.05) is 24.3 Å². The SMILES string of the molecule is COc1ccc(CCNC(=O)Nc2nc3c(s2)CN(C)CC3)cc1. The van der Waals surface area contributed by atoms with Crippen molar-refractivity contribution in [3.8, 4) is 5.75 Å². The second-order valence-electron chi connectivity index (χ2n) is 5.86. The number of fused-ring (bicyclic) bond motifs is 1. The van der Waals surface area contributed by atoms with Gasteiger partial charge in [0.2, 0.25) is 0 Å². The number of rotatable bonds is 5. The normalized spacial score (nSPS) is 14.1. The number of carbonyl (C=O) groups is 1. The van der Waals surface area contributed by atoms with Crippen molar-refractivity contribution in [3.63, 3.8) is 0 Å². The summed E-state index contributed by atoms with van der Waals surface area (Å²) in [7, 11) is 3.75. The lowest BCUT2D eigenvalue weighted by molar-refractivity contribution is 0.252. The number of amides is 2. The van der Waals surface area contributed by atoms with Crippen LogP contribution < -0.4 is 15.4 Å². The first kappa shape index (κ1) is 16.7. The molecular formula is C17H22N4O2S. The molecule has 0 saturated heterocycles. The van der Waals surface area contributed by atoms with Crippen molar-refractivity contribution in [1.82, 2.24) is 15.2 Å². The molecule has 2 heterocycles. The molecule has 0 radical (unpaired) electrons. The lowest BCUT2D eigenvalue weighted by atomic mass is 10.1. The minimum Gasteiger partial charge on any atom is -0.497 e. The van der Waals surface area contributed by atoms with Crippen LogP contribution in [-0.2, 0) is 19.4 Å². The number of urea groups is 1. The fraction of sp³-hybridized carbons (Fsp3) is 0.412. The first-order chi connectivity index (χ1) is 11.6. The van der Waals surface area contributed by atoms with Crippen LogP contribution >= 0.6 is 11.3 Å². The van der Waals surface area contributed by atoms with E-state index >= 15 is 0 Å². The number of carbonyl (C=O) groups excluding carboxylic acids is 1. The van der Waals surface area contributed by atoms with Gasteiger partial charge in [0.1, 0.15) is 5.75 Å². The molecule has 3 rings (SSSR count). The van der Waals surface area contributed by atoms with Crippen LogP contribution in [-0.4, -0.2) is 43.2 Å². The van der Waals surface area contributed by atoms with Gasteiger partial charge in [0.05, 0.1) is 12.8 Å². The predicted molar refractivity (Wildman–Crippen MR) is 95.9 cm³/mol. The average Bonchev–Trinajstić information content (AvgIpc) is 2.96. The summed E-state index contributed by atoms with van der Waals surface area (Å²) >= 11 is 1.56. The summed E-state index contributed by atoms with van der Waals surface area (Å²) in [5.41, 5.74) is 2.27. The van der Waals surface area contributed by atoms with Gasteiger partial charge in [-0.15, -0.1) is 11.3 Å². The van der Waals surface area contributed by atoms with Crippen molar-refractivity contribution in [2.24, 2.45) is 0 Å². The quantitative estimate of drug-likeness (QED) is 0.873. The molecule has 1 aromatic carbocycles. The zero-order chi connectivity index (χ0) is 16.9. The highest BCUT2D eigenvalue weighted by molar-refractivity contribution is 7.15. The van der Waals surface area contributed by atoms with Gasteiger partial charge in [-0.2, -0.15) is 0 Å². The zero-order valence-electron chi connectivity index (χ0n) is 14.0. The zero-order valence-corrected chi connectivity index (χ0v) is 14.8. The summed E-state index contributed by atoms with van der Waals surface area (Å²) in [4.78, 5) is 20.0. The second-order valence-corrected chi connectivity index (χ2v) is 6.94.